The van der Waals surface area contributed by atoms with Crippen LogP contribution >= 0.6 is 0 Å². The molecule has 4 rings (SSSR count). The summed E-state index contributed by atoms with van der Waals surface area (Å²) in [6.07, 6.45) is 1.66. The SMILES string of the molecule is O=C(Nc1cnc2ccccc2c1)c1cccc(OCc2ccccc2)c1. The number of anilines is 1. The third-order valence-corrected chi connectivity index (χ3v) is 4.19. The molecule has 0 aliphatic carbocycles. The molecule has 132 valence electrons. The lowest BCUT2D eigenvalue weighted by Gasteiger charge is -2.09. The van der Waals surface area contributed by atoms with Gasteiger partial charge >= 0.3 is 0 Å². The van der Waals surface area contributed by atoms with Crippen molar-refractivity contribution in [2.24, 2.45) is 0 Å². The zero-order chi connectivity index (χ0) is 18.5. The van der Waals surface area contributed by atoms with Crippen molar-refractivity contribution in [1.29, 1.82) is 0 Å². The van der Waals surface area contributed by atoms with Gasteiger partial charge in [0.2, 0.25) is 0 Å². The van der Waals surface area contributed by atoms with E-state index in [-0.39, 0.29) is 5.91 Å². The highest BCUT2D eigenvalue weighted by Gasteiger charge is 2.08. The molecule has 0 aliphatic rings. The van der Waals surface area contributed by atoms with Crippen LogP contribution in [0.3, 0.4) is 0 Å². The number of nitrogens with zero attached hydrogens (tertiary/aromatic N) is 1. The number of ether oxygens (including phenoxy) is 1. The van der Waals surface area contributed by atoms with Crippen LogP contribution in [0.5, 0.6) is 5.75 Å². The van der Waals surface area contributed by atoms with E-state index in [2.05, 4.69) is 10.3 Å². The van der Waals surface area contributed by atoms with Crippen LogP contribution < -0.4 is 10.1 Å². The van der Waals surface area contributed by atoms with Crippen LogP contribution in [0.25, 0.3) is 10.9 Å². The summed E-state index contributed by atoms with van der Waals surface area (Å²) in [7, 11) is 0. The Bertz CT molecular complexity index is 1080. The maximum Gasteiger partial charge on any atom is 0.255 e. The number of rotatable bonds is 5. The first-order valence-electron chi connectivity index (χ1n) is 8.71. The Labute approximate surface area is 157 Å². The summed E-state index contributed by atoms with van der Waals surface area (Å²) in [5.74, 6) is 0.459. The minimum atomic E-state index is -0.197. The highest BCUT2D eigenvalue weighted by Crippen LogP contribution is 2.19. The number of hydrogen-bond donors (Lipinski definition) is 1. The predicted molar refractivity (Wildman–Crippen MR) is 107 cm³/mol. The number of carbonyl (C=O) groups is 1. The Hall–Kier alpha value is -3.66. The normalized spacial score (nSPS) is 10.5. The van der Waals surface area contributed by atoms with Gasteiger partial charge in [-0.1, -0.05) is 54.6 Å². The van der Waals surface area contributed by atoms with Gasteiger partial charge in [-0.2, -0.15) is 0 Å². The second-order valence-corrected chi connectivity index (χ2v) is 6.17. The van der Waals surface area contributed by atoms with E-state index in [0.29, 0.717) is 23.6 Å². The Morgan fingerprint density at radius 1 is 0.889 bits per heavy atom. The van der Waals surface area contributed by atoms with Gasteiger partial charge in [0.05, 0.1) is 17.4 Å². The van der Waals surface area contributed by atoms with Crippen molar-refractivity contribution < 1.29 is 9.53 Å². The quantitative estimate of drug-likeness (QED) is 0.545. The van der Waals surface area contributed by atoms with Gasteiger partial charge < -0.3 is 10.1 Å². The molecule has 0 saturated heterocycles. The summed E-state index contributed by atoms with van der Waals surface area (Å²) < 4.78 is 5.80. The second kappa shape index (κ2) is 7.70. The molecule has 0 atom stereocenters. The van der Waals surface area contributed by atoms with Crippen LogP contribution in [0, 0.1) is 0 Å². The highest BCUT2D eigenvalue weighted by molar-refractivity contribution is 6.05. The highest BCUT2D eigenvalue weighted by atomic mass is 16.5. The fraction of sp³-hybridized carbons (Fsp3) is 0.0435. The smallest absolute Gasteiger partial charge is 0.255 e. The molecular formula is C23H18N2O2. The summed E-state index contributed by atoms with van der Waals surface area (Å²) >= 11 is 0. The zero-order valence-corrected chi connectivity index (χ0v) is 14.6. The first-order valence-corrected chi connectivity index (χ1v) is 8.71. The zero-order valence-electron chi connectivity index (χ0n) is 14.6. The fourth-order valence-corrected chi connectivity index (χ4v) is 2.81. The molecule has 1 amide bonds. The summed E-state index contributed by atoms with van der Waals surface area (Å²) in [4.78, 5) is 17.0. The van der Waals surface area contributed by atoms with E-state index < -0.39 is 0 Å². The van der Waals surface area contributed by atoms with Crippen molar-refractivity contribution in [3.05, 3.63) is 102 Å². The predicted octanol–water partition coefficient (Wildman–Crippen LogP) is 5.07. The molecule has 4 heteroatoms. The average Bonchev–Trinajstić information content (AvgIpc) is 2.73. The first kappa shape index (κ1) is 16.8. The number of para-hydroxylation sites is 1. The van der Waals surface area contributed by atoms with Gasteiger partial charge in [-0.3, -0.25) is 9.78 Å². The maximum atomic E-state index is 12.6. The van der Waals surface area contributed by atoms with E-state index in [0.717, 1.165) is 16.5 Å². The largest absolute Gasteiger partial charge is 0.489 e. The van der Waals surface area contributed by atoms with E-state index in [9.17, 15) is 4.79 Å². The molecule has 0 bridgehead atoms. The van der Waals surface area contributed by atoms with Crippen molar-refractivity contribution in [1.82, 2.24) is 4.98 Å². The lowest BCUT2D eigenvalue weighted by atomic mass is 10.2. The minimum absolute atomic E-state index is 0.197. The van der Waals surface area contributed by atoms with Gasteiger partial charge in [0.25, 0.3) is 5.91 Å². The van der Waals surface area contributed by atoms with Crippen molar-refractivity contribution in [2.75, 3.05) is 5.32 Å². The van der Waals surface area contributed by atoms with Crippen molar-refractivity contribution in [3.63, 3.8) is 0 Å². The van der Waals surface area contributed by atoms with Gasteiger partial charge in [-0.05, 0) is 35.9 Å². The van der Waals surface area contributed by atoms with Crippen molar-refractivity contribution in [2.45, 2.75) is 6.61 Å². The molecule has 1 aromatic heterocycles. The molecule has 0 radical (unpaired) electrons. The minimum Gasteiger partial charge on any atom is -0.489 e. The molecule has 0 fully saturated rings. The Morgan fingerprint density at radius 2 is 1.70 bits per heavy atom. The van der Waals surface area contributed by atoms with Crippen molar-refractivity contribution in [3.8, 4) is 5.75 Å². The van der Waals surface area contributed by atoms with E-state index in [1.807, 2.05) is 72.8 Å². The van der Waals surface area contributed by atoms with Crippen LogP contribution in [0.2, 0.25) is 0 Å². The number of fused-ring (bicyclic) bond motifs is 1. The number of nitrogens with one attached hydrogen (secondary N) is 1. The Morgan fingerprint density at radius 3 is 2.59 bits per heavy atom. The molecule has 1 N–H and O–H groups in total. The van der Waals surface area contributed by atoms with Crippen LogP contribution in [0.4, 0.5) is 5.69 Å². The van der Waals surface area contributed by atoms with E-state index in [4.69, 9.17) is 4.74 Å². The van der Waals surface area contributed by atoms with Crippen LogP contribution in [0.1, 0.15) is 15.9 Å². The summed E-state index contributed by atoms with van der Waals surface area (Å²) in [5.41, 5.74) is 3.17. The van der Waals surface area contributed by atoms with Gasteiger partial charge in [-0.15, -0.1) is 0 Å². The van der Waals surface area contributed by atoms with Crippen LogP contribution in [-0.2, 0) is 6.61 Å². The standard InChI is InChI=1S/C23H18N2O2/c26-23(25-20-13-18-9-4-5-12-22(18)24-15-20)19-10-6-11-21(14-19)27-16-17-7-2-1-3-8-17/h1-15H,16H2,(H,25,26). The lowest BCUT2D eigenvalue weighted by molar-refractivity contribution is 0.102. The van der Waals surface area contributed by atoms with E-state index in [1.165, 1.54) is 0 Å². The average molecular weight is 354 g/mol. The first-order chi connectivity index (χ1) is 13.3. The lowest BCUT2D eigenvalue weighted by Crippen LogP contribution is -2.12. The van der Waals surface area contributed by atoms with Crippen LogP contribution in [0.15, 0.2) is 91.1 Å². The molecule has 3 aromatic carbocycles. The summed E-state index contributed by atoms with van der Waals surface area (Å²) in [6.45, 7) is 0.459. The molecule has 0 spiro atoms. The molecular weight excluding hydrogens is 336 g/mol. The number of hydrogen-bond acceptors (Lipinski definition) is 3. The van der Waals surface area contributed by atoms with Crippen molar-refractivity contribution >= 4 is 22.5 Å². The second-order valence-electron chi connectivity index (χ2n) is 6.17. The number of aromatic nitrogens is 1. The summed E-state index contributed by atoms with van der Waals surface area (Å²) in [6, 6.07) is 26.8. The molecule has 1 heterocycles. The number of pyridine rings is 1. The number of amides is 1. The van der Waals surface area contributed by atoms with Gasteiger partial charge in [-0.25, -0.2) is 0 Å². The Balaban J connectivity index is 1.46. The van der Waals surface area contributed by atoms with Gasteiger partial charge in [0.1, 0.15) is 12.4 Å². The fourth-order valence-electron chi connectivity index (χ4n) is 2.81. The monoisotopic (exact) mass is 354 g/mol. The number of benzene rings is 3. The molecule has 4 aromatic rings. The topological polar surface area (TPSA) is 51.2 Å². The third kappa shape index (κ3) is 4.12. The summed E-state index contributed by atoms with van der Waals surface area (Å²) in [5, 5.41) is 3.88. The molecule has 0 aliphatic heterocycles. The van der Waals surface area contributed by atoms with E-state index >= 15 is 0 Å². The molecule has 0 unspecified atom stereocenters. The molecule has 4 nitrogen and oxygen atoms in total. The van der Waals surface area contributed by atoms with Crippen LogP contribution in [-0.4, -0.2) is 10.9 Å². The number of carbonyl (C=O) groups excluding carboxylic acids is 1. The maximum absolute atomic E-state index is 12.6. The Kier molecular flexibility index (Phi) is 4.79. The van der Waals surface area contributed by atoms with Gasteiger partial charge in [0, 0.05) is 10.9 Å². The molecule has 27 heavy (non-hydrogen) atoms. The molecule has 0 saturated carbocycles. The third-order valence-electron chi connectivity index (χ3n) is 4.19. The van der Waals surface area contributed by atoms with E-state index in [1.54, 1.807) is 18.3 Å². The van der Waals surface area contributed by atoms with Gasteiger partial charge in [0.15, 0.2) is 0 Å².